The Kier molecular flexibility index (Phi) is 6.18. The molecule has 2 heterocycles. The summed E-state index contributed by atoms with van der Waals surface area (Å²) in [4.78, 5) is 8.14. The molecule has 1 N–H and O–H groups in total. The normalized spacial score (nSPS) is 13.9. The first-order valence-corrected chi connectivity index (χ1v) is 11.1. The summed E-state index contributed by atoms with van der Waals surface area (Å²) < 4.78 is 5.97. The van der Waals surface area contributed by atoms with E-state index in [-0.39, 0.29) is 5.75 Å². The molecule has 1 aromatic heterocycles. The number of thiophene rings is 1. The number of methoxy groups -OCH3 is 1. The zero-order valence-corrected chi connectivity index (χ0v) is 18.8. The highest BCUT2D eigenvalue weighted by Gasteiger charge is 2.24. The first-order valence-electron chi connectivity index (χ1n) is 9.50. The van der Waals surface area contributed by atoms with Gasteiger partial charge in [0.2, 0.25) is 0 Å². The summed E-state index contributed by atoms with van der Waals surface area (Å²) in [5.74, 6) is 0.395. The van der Waals surface area contributed by atoms with E-state index in [0.29, 0.717) is 21.9 Å². The Labute approximate surface area is 188 Å². The number of aliphatic imine (C=N–C) groups is 1. The average Bonchev–Trinajstić information content (AvgIpc) is 3.11. The fraction of sp³-hybridized carbons (Fsp3) is 0.217. The number of rotatable bonds is 5. The number of nitrogens with zero attached hydrogens (tertiary/aromatic N) is 3. The quantitative estimate of drug-likeness (QED) is 0.494. The van der Waals surface area contributed by atoms with Crippen LogP contribution in [0, 0.1) is 11.3 Å². The van der Waals surface area contributed by atoms with Crippen LogP contribution in [-0.4, -0.2) is 29.9 Å². The zero-order chi connectivity index (χ0) is 21.1. The molecule has 0 aliphatic carbocycles. The van der Waals surface area contributed by atoms with Crippen molar-refractivity contribution in [3.05, 3.63) is 74.1 Å². The van der Waals surface area contributed by atoms with Gasteiger partial charge in [0.25, 0.3) is 0 Å². The number of halogens is 1. The standard InChI is InChI=1S/C23H20BrN3O2S/c1-29-20-10-17(24)9-16(22(20)28)12-26-23-19(11-25)18-7-8-27(14-21(18)30-23)13-15-5-3-2-4-6-15/h2-6,9-10,12,28H,7-8,13-14H2,1H3. The lowest BCUT2D eigenvalue weighted by atomic mass is 10.0. The van der Waals surface area contributed by atoms with Crippen LogP contribution in [-0.2, 0) is 19.5 Å². The van der Waals surface area contributed by atoms with Crippen LogP contribution < -0.4 is 4.74 Å². The number of fused-ring (bicyclic) bond motifs is 1. The van der Waals surface area contributed by atoms with Gasteiger partial charge in [-0.15, -0.1) is 11.3 Å². The molecule has 0 saturated carbocycles. The van der Waals surface area contributed by atoms with Crippen molar-refractivity contribution in [1.29, 1.82) is 5.26 Å². The second-order valence-electron chi connectivity index (χ2n) is 7.05. The van der Waals surface area contributed by atoms with Gasteiger partial charge in [-0.05, 0) is 29.7 Å². The Morgan fingerprint density at radius 1 is 1.33 bits per heavy atom. The summed E-state index contributed by atoms with van der Waals surface area (Å²) in [5.41, 5.74) is 3.57. The van der Waals surface area contributed by atoms with E-state index in [9.17, 15) is 10.4 Å². The van der Waals surface area contributed by atoms with E-state index in [0.717, 1.165) is 36.1 Å². The van der Waals surface area contributed by atoms with E-state index in [1.54, 1.807) is 29.7 Å². The smallest absolute Gasteiger partial charge is 0.166 e. The summed E-state index contributed by atoms with van der Waals surface area (Å²) >= 11 is 4.97. The largest absolute Gasteiger partial charge is 0.504 e. The lowest BCUT2D eigenvalue weighted by Gasteiger charge is -2.26. The van der Waals surface area contributed by atoms with Crippen LogP contribution in [0.25, 0.3) is 0 Å². The van der Waals surface area contributed by atoms with Crippen molar-refractivity contribution in [2.75, 3.05) is 13.7 Å². The SMILES string of the molecule is COc1cc(Br)cc(C=Nc2sc3c(c2C#N)CCN(Cc2ccccc2)C3)c1O. The van der Waals surface area contributed by atoms with Gasteiger partial charge in [-0.1, -0.05) is 46.3 Å². The summed E-state index contributed by atoms with van der Waals surface area (Å²) in [7, 11) is 1.50. The minimum absolute atomic E-state index is 0.0262. The molecule has 0 spiro atoms. The van der Waals surface area contributed by atoms with E-state index in [2.05, 4.69) is 56.2 Å². The average molecular weight is 482 g/mol. The minimum Gasteiger partial charge on any atom is -0.504 e. The predicted octanol–water partition coefficient (Wildman–Crippen LogP) is 5.41. The maximum Gasteiger partial charge on any atom is 0.166 e. The fourth-order valence-electron chi connectivity index (χ4n) is 3.60. The fourth-order valence-corrected chi connectivity index (χ4v) is 5.24. The monoisotopic (exact) mass is 481 g/mol. The number of hydrogen-bond acceptors (Lipinski definition) is 6. The Morgan fingerprint density at radius 2 is 2.13 bits per heavy atom. The molecule has 2 aromatic carbocycles. The van der Waals surface area contributed by atoms with E-state index in [1.807, 2.05) is 6.07 Å². The van der Waals surface area contributed by atoms with Crippen molar-refractivity contribution in [1.82, 2.24) is 4.90 Å². The van der Waals surface area contributed by atoms with Crippen LogP contribution in [0.3, 0.4) is 0 Å². The van der Waals surface area contributed by atoms with Gasteiger partial charge in [-0.2, -0.15) is 5.26 Å². The maximum absolute atomic E-state index is 10.3. The number of benzene rings is 2. The number of nitriles is 1. The minimum atomic E-state index is 0.0262. The van der Waals surface area contributed by atoms with Crippen molar-refractivity contribution < 1.29 is 9.84 Å². The van der Waals surface area contributed by atoms with Gasteiger partial charge in [0.1, 0.15) is 11.1 Å². The van der Waals surface area contributed by atoms with Crippen LogP contribution in [0.1, 0.15) is 27.1 Å². The molecule has 0 unspecified atom stereocenters. The number of ether oxygens (including phenoxy) is 1. The van der Waals surface area contributed by atoms with Crippen LogP contribution in [0.5, 0.6) is 11.5 Å². The lowest BCUT2D eigenvalue weighted by molar-refractivity contribution is 0.249. The number of phenolic OH excluding ortho intramolecular Hbond substituents is 1. The van der Waals surface area contributed by atoms with Crippen molar-refractivity contribution in [2.24, 2.45) is 4.99 Å². The van der Waals surface area contributed by atoms with Gasteiger partial charge in [-0.3, -0.25) is 4.90 Å². The third kappa shape index (κ3) is 4.26. The van der Waals surface area contributed by atoms with E-state index in [1.165, 1.54) is 17.6 Å². The summed E-state index contributed by atoms with van der Waals surface area (Å²) in [6.45, 7) is 2.62. The van der Waals surface area contributed by atoms with Crippen LogP contribution in [0.15, 0.2) is 51.9 Å². The van der Waals surface area contributed by atoms with E-state index in [4.69, 9.17) is 4.74 Å². The Bertz CT molecular complexity index is 1140. The highest BCUT2D eigenvalue weighted by Crippen LogP contribution is 2.39. The molecular formula is C23H20BrN3O2S. The molecule has 1 aliphatic heterocycles. The Morgan fingerprint density at radius 3 is 2.87 bits per heavy atom. The summed E-state index contributed by atoms with van der Waals surface area (Å²) in [6, 6.07) is 16.2. The van der Waals surface area contributed by atoms with Crippen molar-refractivity contribution in [2.45, 2.75) is 19.5 Å². The molecule has 5 nitrogen and oxygen atoms in total. The second-order valence-corrected chi connectivity index (χ2v) is 9.05. The molecule has 0 fully saturated rings. The van der Waals surface area contributed by atoms with Crippen LogP contribution in [0.4, 0.5) is 5.00 Å². The maximum atomic E-state index is 10.3. The van der Waals surface area contributed by atoms with Gasteiger partial charge >= 0.3 is 0 Å². The number of hydrogen-bond donors (Lipinski definition) is 1. The van der Waals surface area contributed by atoms with Crippen molar-refractivity contribution >= 4 is 38.5 Å². The van der Waals surface area contributed by atoms with E-state index >= 15 is 0 Å². The molecule has 0 radical (unpaired) electrons. The van der Waals surface area contributed by atoms with Crippen molar-refractivity contribution in [3.63, 3.8) is 0 Å². The molecule has 0 bridgehead atoms. The Balaban J connectivity index is 1.59. The number of aromatic hydroxyl groups is 1. The summed E-state index contributed by atoms with van der Waals surface area (Å²) in [6.07, 6.45) is 2.43. The van der Waals surface area contributed by atoms with Crippen molar-refractivity contribution in [3.8, 4) is 17.6 Å². The molecule has 152 valence electrons. The highest BCUT2D eigenvalue weighted by molar-refractivity contribution is 9.10. The van der Waals surface area contributed by atoms with Gasteiger partial charge in [0, 0.05) is 40.8 Å². The third-order valence-electron chi connectivity index (χ3n) is 5.09. The molecule has 4 rings (SSSR count). The first kappa shape index (κ1) is 20.6. The first-order chi connectivity index (χ1) is 14.6. The Hall–Kier alpha value is -2.66. The molecule has 0 saturated heterocycles. The third-order valence-corrected chi connectivity index (χ3v) is 6.67. The topological polar surface area (TPSA) is 68.8 Å². The molecule has 1 aliphatic rings. The highest BCUT2D eigenvalue weighted by atomic mass is 79.9. The number of phenols is 1. The van der Waals surface area contributed by atoms with Gasteiger partial charge in [0.05, 0.1) is 12.7 Å². The summed E-state index contributed by atoms with van der Waals surface area (Å²) in [5, 5.41) is 20.8. The molecule has 0 amide bonds. The molecule has 30 heavy (non-hydrogen) atoms. The lowest BCUT2D eigenvalue weighted by Crippen LogP contribution is -2.29. The molecule has 0 atom stereocenters. The molecular weight excluding hydrogens is 462 g/mol. The molecule has 3 aromatic rings. The van der Waals surface area contributed by atoms with Crippen LogP contribution >= 0.6 is 27.3 Å². The predicted molar refractivity (Wildman–Crippen MR) is 123 cm³/mol. The van der Waals surface area contributed by atoms with Gasteiger partial charge in [0.15, 0.2) is 11.5 Å². The molecule has 7 heteroatoms. The zero-order valence-electron chi connectivity index (χ0n) is 16.4. The van der Waals surface area contributed by atoms with E-state index < -0.39 is 0 Å². The second kappa shape index (κ2) is 9.00. The van der Waals surface area contributed by atoms with Gasteiger partial charge < -0.3 is 9.84 Å². The van der Waals surface area contributed by atoms with Crippen LogP contribution in [0.2, 0.25) is 0 Å². The van der Waals surface area contributed by atoms with Gasteiger partial charge in [-0.25, -0.2) is 4.99 Å².